The van der Waals surface area contributed by atoms with Gasteiger partial charge in [-0.3, -0.25) is 0 Å². The van der Waals surface area contributed by atoms with Gasteiger partial charge < -0.3 is 19.7 Å². The number of carboxylic acid groups (broad SMARTS) is 1. The molecule has 0 aliphatic carbocycles. The lowest BCUT2D eigenvalue weighted by molar-refractivity contribution is 0.0695. The minimum Gasteiger partial charge on any atom is -0.482 e. The van der Waals surface area contributed by atoms with Crippen LogP contribution in [0.3, 0.4) is 0 Å². The Hall–Kier alpha value is -2.01. The molecule has 2 heterocycles. The standard InChI is InChI=1S/C17H22N2O3/c1-22-16-15(17(20)21)14-12(6-5-7-13(14)18-16)8-11-19-9-3-2-4-10-19/h5-7,18H,2-4,8-11H2,1H3,(H,20,21). The molecule has 0 bridgehead atoms. The SMILES string of the molecule is COc1[nH]c2cccc(CCN3CCCCC3)c2c1C(=O)O. The summed E-state index contributed by atoms with van der Waals surface area (Å²) in [6, 6.07) is 5.89. The fraction of sp³-hybridized carbons (Fsp3) is 0.471. The third kappa shape index (κ3) is 2.81. The molecule has 2 aromatic rings. The number of nitrogens with zero attached hydrogens (tertiary/aromatic N) is 1. The summed E-state index contributed by atoms with van der Waals surface area (Å²) in [7, 11) is 1.49. The molecule has 22 heavy (non-hydrogen) atoms. The zero-order chi connectivity index (χ0) is 15.5. The fourth-order valence-corrected chi connectivity index (χ4v) is 3.32. The van der Waals surface area contributed by atoms with Gasteiger partial charge in [-0.1, -0.05) is 18.6 Å². The smallest absolute Gasteiger partial charge is 0.341 e. The predicted octanol–water partition coefficient (Wildman–Crippen LogP) is 2.90. The van der Waals surface area contributed by atoms with Gasteiger partial charge in [0, 0.05) is 17.4 Å². The Bertz CT molecular complexity index is 672. The van der Waals surface area contributed by atoms with Crippen LogP contribution in [0.25, 0.3) is 10.9 Å². The molecule has 1 aromatic carbocycles. The molecule has 0 radical (unpaired) electrons. The molecule has 1 aliphatic heterocycles. The number of ether oxygens (including phenoxy) is 1. The molecule has 2 N–H and O–H groups in total. The van der Waals surface area contributed by atoms with E-state index in [-0.39, 0.29) is 5.56 Å². The van der Waals surface area contributed by atoms with Crippen LogP contribution in [-0.4, -0.2) is 47.7 Å². The molecule has 1 aliphatic rings. The Kier molecular flexibility index (Phi) is 4.34. The number of hydrogen-bond donors (Lipinski definition) is 2. The molecule has 1 aromatic heterocycles. The summed E-state index contributed by atoms with van der Waals surface area (Å²) in [5.41, 5.74) is 2.14. The number of aromatic carboxylic acids is 1. The van der Waals surface area contributed by atoms with Gasteiger partial charge in [-0.25, -0.2) is 4.79 Å². The Morgan fingerprint density at radius 1 is 1.32 bits per heavy atom. The van der Waals surface area contributed by atoms with E-state index in [4.69, 9.17) is 4.74 Å². The number of carbonyl (C=O) groups is 1. The molecule has 1 saturated heterocycles. The van der Waals surface area contributed by atoms with Crippen molar-refractivity contribution in [2.75, 3.05) is 26.7 Å². The first-order valence-electron chi connectivity index (χ1n) is 7.84. The van der Waals surface area contributed by atoms with Crippen LogP contribution < -0.4 is 4.74 Å². The summed E-state index contributed by atoms with van der Waals surface area (Å²) in [4.78, 5) is 17.1. The van der Waals surface area contributed by atoms with E-state index in [1.165, 1.54) is 26.4 Å². The summed E-state index contributed by atoms with van der Waals surface area (Å²) in [5.74, 6) is -0.624. The quantitative estimate of drug-likeness (QED) is 0.891. The number of nitrogens with one attached hydrogen (secondary N) is 1. The number of H-pyrrole nitrogens is 1. The molecule has 0 spiro atoms. The van der Waals surface area contributed by atoms with E-state index in [1.807, 2.05) is 18.2 Å². The van der Waals surface area contributed by atoms with E-state index in [2.05, 4.69) is 9.88 Å². The van der Waals surface area contributed by atoms with Gasteiger partial charge in [-0.2, -0.15) is 0 Å². The third-order valence-electron chi connectivity index (χ3n) is 4.44. The number of rotatable bonds is 5. The summed E-state index contributed by atoms with van der Waals surface area (Å²) in [6.45, 7) is 3.28. The fourth-order valence-electron chi connectivity index (χ4n) is 3.32. The molecule has 5 nitrogen and oxygen atoms in total. The number of carboxylic acids is 1. The van der Waals surface area contributed by atoms with Gasteiger partial charge in [-0.05, 0) is 44.0 Å². The van der Waals surface area contributed by atoms with Crippen molar-refractivity contribution in [3.8, 4) is 5.88 Å². The molecule has 118 valence electrons. The first kappa shape index (κ1) is 14.9. The van der Waals surface area contributed by atoms with Crippen LogP contribution in [0.5, 0.6) is 5.88 Å². The molecule has 1 fully saturated rings. The van der Waals surface area contributed by atoms with Crippen molar-refractivity contribution in [3.05, 3.63) is 29.3 Å². The summed E-state index contributed by atoms with van der Waals surface area (Å²) < 4.78 is 5.19. The maximum absolute atomic E-state index is 11.6. The first-order chi connectivity index (χ1) is 10.7. The largest absolute Gasteiger partial charge is 0.482 e. The molecule has 3 rings (SSSR count). The Balaban J connectivity index is 1.91. The van der Waals surface area contributed by atoms with E-state index < -0.39 is 5.97 Å². The van der Waals surface area contributed by atoms with Gasteiger partial charge in [0.05, 0.1) is 7.11 Å². The van der Waals surface area contributed by atoms with Gasteiger partial charge in [0.2, 0.25) is 5.88 Å². The second-order valence-electron chi connectivity index (χ2n) is 5.83. The summed E-state index contributed by atoms with van der Waals surface area (Å²) in [5, 5.41) is 10.3. The van der Waals surface area contributed by atoms with Gasteiger partial charge >= 0.3 is 5.97 Å². The summed E-state index contributed by atoms with van der Waals surface area (Å²) in [6.07, 6.45) is 4.72. The van der Waals surface area contributed by atoms with Crippen molar-refractivity contribution in [1.82, 2.24) is 9.88 Å². The highest BCUT2D eigenvalue weighted by atomic mass is 16.5. The van der Waals surface area contributed by atoms with E-state index in [1.54, 1.807) is 0 Å². The number of methoxy groups -OCH3 is 1. The van der Waals surface area contributed by atoms with E-state index in [0.717, 1.165) is 42.5 Å². The number of likely N-dealkylation sites (tertiary alicyclic amines) is 1. The highest BCUT2D eigenvalue weighted by Gasteiger charge is 2.21. The van der Waals surface area contributed by atoms with Crippen LogP contribution >= 0.6 is 0 Å². The minimum absolute atomic E-state index is 0.242. The number of benzene rings is 1. The van der Waals surface area contributed by atoms with Crippen molar-refractivity contribution in [1.29, 1.82) is 0 Å². The van der Waals surface area contributed by atoms with E-state index >= 15 is 0 Å². The lowest BCUT2D eigenvalue weighted by Crippen LogP contribution is -2.31. The minimum atomic E-state index is -0.950. The topological polar surface area (TPSA) is 65.6 Å². The van der Waals surface area contributed by atoms with Crippen LogP contribution in [0.2, 0.25) is 0 Å². The summed E-state index contributed by atoms with van der Waals surface area (Å²) >= 11 is 0. The number of piperidine rings is 1. The monoisotopic (exact) mass is 302 g/mol. The number of aromatic nitrogens is 1. The Morgan fingerprint density at radius 3 is 2.77 bits per heavy atom. The number of hydrogen-bond acceptors (Lipinski definition) is 3. The van der Waals surface area contributed by atoms with E-state index in [0.29, 0.717) is 5.88 Å². The zero-order valence-electron chi connectivity index (χ0n) is 12.9. The predicted molar refractivity (Wildman–Crippen MR) is 85.8 cm³/mol. The van der Waals surface area contributed by atoms with Crippen LogP contribution in [0.15, 0.2) is 18.2 Å². The number of fused-ring (bicyclic) bond motifs is 1. The molecule has 5 heteroatoms. The van der Waals surface area contributed by atoms with Crippen molar-refractivity contribution in [3.63, 3.8) is 0 Å². The third-order valence-corrected chi connectivity index (χ3v) is 4.44. The van der Waals surface area contributed by atoms with E-state index in [9.17, 15) is 9.90 Å². The van der Waals surface area contributed by atoms with Crippen molar-refractivity contribution in [2.24, 2.45) is 0 Å². The molecule has 0 saturated carbocycles. The highest BCUT2D eigenvalue weighted by Crippen LogP contribution is 2.31. The Labute approximate surface area is 129 Å². The second-order valence-corrected chi connectivity index (χ2v) is 5.83. The van der Waals surface area contributed by atoms with Gasteiger partial charge in [0.1, 0.15) is 5.56 Å². The van der Waals surface area contributed by atoms with Gasteiger partial charge in [0.25, 0.3) is 0 Å². The van der Waals surface area contributed by atoms with Crippen LogP contribution in [0.1, 0.15) is 35.2 Å². The normalized spacial score (nSPS) is 16.0. The molecule has 0 atom stereocenters. The average Bonchev–Trinajstić information content (AvgIpc) is 2.93. The average molecular weight is 302 g/mol. The molecular weight excluding hydrogens is 280 g/mol. The van der Waals surface area contributed by atoms with Crippen molar-refractivity contribution in [2.45, 2.75) is 25.7 Å². The van der Waals surface area contributed by atoms with Crippen molar-refractivity contribution < 1.29 is 14.6 Å². The van der Waals surface area contributed by atoms with Crippen LogP contribution in [0.4, 0.5) is 0 Å². The molecular formula is C17H22N2O3. The van der Waals surface area contributed by atoms with Gasteiger partial charge in [0.15, 0.2) is 0 Å². The maximum atomic E-state index is 11.6. The number of aromatic amines is 1. The zero-order valence-corrected chi connectivity index (χ0v) is 12.9. The van der Waals surface area contributed by atoms with Crippen LogP contribution in [-0.2, 0) is 6.42 Å². The van der Waals surface area contributed by atoms with Gasteiger partial charge in [-0.15, -0.1) is 0 Å². The second kappa shape index (κ2) is 6.40. The highest BCUT2D eigenvalue weighted by molar-refractivity contribution is 6.07. The van der Waals surface area contributed by atoms with Crippen molar-refractivity contribution >= 4 is 16.9 Å². The maximum Gasteiger partial charge on any atom is 0.341 e. The molecule has 0 unspecified atom stereocenters. The Morgan fingerprint density at radius 2 is 2.09 bits per heavy atom. The van der Waals surface area contributed by atoms with Crippen LogP contribution in [0, 0.1) is 0 Å². The molecule has 0 amide bonds. The lowest BCUT2D eigenvalue weighted by atomic mass is 10.0. The lowest BCUT2D eigenvalue weighted by Gasteiger charge is -2.26. The first-order valence-corrected chi connectivity index (χ1v) is 7.84.